The first-order valence-electron chi connectivity index (χ1n) is 7.74. The van der Waals surface area contributed by atoms with E-state index < -0.39 is 11.2 Å². The van der Waals surface area contributed by atoms with Gasteiger partial charge in [0.05, 0.1) is 0 Å². The molecular formula is C18H18N4O3. The van der Waals surface area contributed by atoms with E-state index in [4.69, 9.17) is 0 Å². The number of carbonyl (C=O) groups is 1. The number of nitrogens with one attached hydrogen (secondary N) is 1. The van der Waals surface area contributed by atoms with Crippen molar-refractivity contribution in [1.29, 1.82) is 0 Å². The number of benzene rings is 1. The van der Waals surface area contributed by atoms with E-state index in [2.05, 4.69) is 9.97 Å². The molecule has 2 heterocycles. The van der Waals surface area contributed by atoms with Crippen molar-refractivity contribution in [2.45, 2.75) is 13.8 Å². The maximum Gasteiger partial charge on any atom is 0.329 e. The van der Waals surface area contributed by atoms with Crippen molar-refractivity contribution in [3.63, 3.8) is 0 Å². The fourth-order valence-corrected chi connectivity index (χ4v) is 2.84. The summed E-state index contributed by atoms with van der Waals surface area (Å²) in [4.78, 5) is 42.6. The number of H-pyrrole nitrogens is 1. The average Bonchev–Trinajstić information content (AvgIpc) is 2.87. The van der Waals surface area contributed by atoms with Crippen molar-refractivity contribution in [2.75, 3.05) is 0 Å². The van der Waals surface area contributed by atoms with Gasteiger partial charge in [-0.05, 0) is 38.1 Å². The lowest BCUT2D eigenvalue weighted by atomic mass is 10.0. The molecule has 2 aromatic heterocycles. The zero-order chi connectivity index (χ0) is 18.3. The summed E-state index contributed by atoms with van der Waals surface area (Å²) in [5, 5.41) is 0. The van der Waals surface area contributed by atoms with E-state index in [0.717, 1.165) is 11.1 Å². The van der Waals surface area contributed by atoms with Crippen LogP contribution < -0.4 is 11.2 Å². The molecule has 3 aromatic rings. The monoisotopic (exact) mass is 338 g/mol. The van der Waals surface area contributed by atoms with Gasteiger partial charge in [0, 0.05) is 19.7 Å². The second-order valence-corrected chi connectivity index (χ2v) is 6.09. The Morgan fingerprint density at radius 3 is 2.36 bits per heavy atom. The minimum Gasteiger partial charge on any atom is -0.322 e. The van der Waals surface area contributed by atoms with Gasteiger partial charge in [-0.25, -0.2) is 9.78 Å². The van der Waals surface area contributed by atoms with Gasteiger partial charge in [0.25, 0.3) is 5.56 Å². The molecule has 0 unspecified atom stereocenters. The molecule has 0 saturated heterocycles. The fraction of sp³-hybridized carbons (Fsp3) is 0.222. The molecule has 1 N–H and O–H groups in total. The van der Waals surface area contributed by atoms with Crippen LogP contribution in [0.5, 0.6) is 0 Å². The first-order valence-corrected chi connectivity index (χ1v) is 7.74. The van der Waals surface area contributed by atoms with Gasteiger partial charge in [-0.1, -0.05) is 17.2 Å². The second-order valence-electron chi connectivity index (χ2n) is 6.09. The molecule has 0 bridgehead atoms. The molecule has 1 aromatic carbocycles. The van der Waals surface area contributed by atoms with Crippen LogP contribution in [0.3, 0.4) is 0 Å². The quantitative estimate of drug-likeness (QED) is 0.578. The number of nitrogens with zero attached hydrogens (tertiary/aromatic N) is 3. The molecule has 0 amide bonds. The molecule has 0 spiro atoms. The highest BCUT2D eigenvalue weighted by Crippen LogP contribution is 2.13. The molecule has 0 aliphatic heterocycles. The highest BCUT2D eigenvalue weighted by atomic mass is 16.2. The number of carbonyl (C=O) groups excluding carboxylic acids is 1. The number of hydrogen-bond acceptors (Lipinski definition) is 4. The first kappa shape index (κ1) is 16.6. The Labute approximate surface area is 143 Å². The predicted molar refractivity (Wildman–Crippen MR) is 95.9 cm³/mol. The van der Waals surface area contributed by atoms with Gasteiger partial charge in [-0.15, -0.1) is 0 Å². The minimum atomic E-state index is -0.530. The van der Waals surface area contributed by atoms with Crippen LogP contribution in [0.25, 0.3) is 17.2 Å². The number of rotatable bonds is 3. The van der Waals surface area contributed by atoms with Gasteiger partial charge in [0.2, 0.25) is 0 Å². The van der Waals surface area contributed by atoms with E-state index in [-0.39, 0.29) is 16.9 Å². The number of allylic oxidation sites excluding steroid dienone is 1. The summed E-state index contributed by atoms with van der Waals surface area (Å²) in [5.74, 6) is 0.265. The van der Waals surface area contributed by atoms with Crippen molar-refractivity contribution < 1.29 is 4.79 Å². The van der Waals surface area contributed by atoms with Crippen molar-refractivity contribution in [1.82, 2.24) is 19.1 Å². The number of aromatic amines is 1. The molecule has 0 aliphatic rings. The number of ketones is 1. The van der Waals surface area contributed by atoms with Crippen molar-refractivity contribution in [2.24, 2.45) is 14.1 Å². The Balaban J connectivity index is 2.04. The average molecular weight is 338 g/mol. The fourth-order valence-electron chi connectivity index (χ4n) is 2.84. The van der Waals surface area contributed by atoms with E-state index in [9.17, 15) is 14.4 Å². The third-order valence-electron chi connectivity index (χ3n) is 4.06. The van der Waals surface area contributed by atoms with E-state index in [0.29, 0.717) is 11.4 Å². The topological polar surface area (TPSA) is 89.8 Å². The molecule has 7 heteroatoms. The van der Waals surface area contributed by atoms with Crippen LogP contribution in [0.4, 0.5) is 0 Å². The van der Waals surface area contributed by atoms with Crippen LogP contribution in [0.1, 0.15) is 27.3 Å². The van der Waals surface area contributed by atoms with Gasteiger partial charge < -0.3 is 4.57 Å². The van der Waals surface area contributed by atoms with E-state index in [1.807, 2.05) is 32.0 Å². The Bertz CT molecular complexity index is 1130. The largest absolute Gasteiger partial charge is 0.329 e. The van der Waals surface area contributed by atoms with Crippen LogP contribution in [-0.2, 0) is 14.1 Å². The lowest BCUT2D eigenvalue weighted by Crippen LogP contribution is -2.29. The highest BCUT2D eigenvalue weighted by molar-refractivity contribution is 6.07. The van der Waals surface area contributed by atoms with Gasteiger partial charge in [-0.2, -0.15) is 0 Å². The molecular weight excluding hydrogens is 320 g/mol. The molecule has 0 radical (unpaired) electrons. The lowest BCUT2D eigenvalue weighted by Gasteiger charge is -2.01. The number of imidazole rings is 1. The lowest BCUT2D eigenvalue weighted by molar-refractivity contribution is 0.104. The van der Waals surface area contributed by atoms with Gasteiger partial charge in [0.1, 0.15) is 5.82 Å². The summed E-state index contributed by atoms with van der Waals surface area (Å²) in [6.07, 6.45) is 2.96. The van der Waals surface area contributed by atoms with Gasteiger partial charge >= 0.3 is 5.69 Å². The molecule has 25 heavy (non-hydrogen) atoms. The van der Waals surface area contributed by atoms with Crippen LogP contribution in [0, 0.1) is 13.8 Å². The number of fused-ring (bicyclic) bond motifs is 1. The molecule has 3 rings (SSSR count). The predicted octanol–water partition coefficient (Wildman–Crippen LogP) is 1.47. The molecule has 7 nitrogen and oxygen atoms in total. The summed E-state index contributed by atoms with van der Waals surface area (Å²) in [6, 6.07) is 5.64. The van der Waals surface area contributed by atoms with Crippen molar-refractivity contribution >= 4 is 23.0 Å². The van der Waals surface area contributed by atoms with Crippen LogP contribution in [0.15, 0.2) is 33.9 Å². The maximum absolute atomic E-state index is 12.4. The minimum absolute atomic E-state index is 0.151. The number of aryl methyl sites for hydroxylation is 4. The second kappa shape index (κ2) is 6.01. The standard InChI is InChI=1S/C18H18N4O3/c1-10-7-11(2)9-12(8-10)13(23)5-6-14-19-16-15(21(14)3)17(24)20-18(25)22(16)4/h5-9H,1-4H3,(H,20,24,25). The third-order valence-corrected chi connectivity index (χ3v) is 4.06. The third kappa shape index (κ3) is 2.96. The maximum atomic E-state index is 12.4. The first-order chi connectivity index (χ1) is 11.8. The van der Waals surface area contributed by atoms with Crippen LogP contribution >= 0.6 is 0 Å². The smallest absolute Gasteiger partial charge is 0.322 e. The summed E-state index contributed by atoms with van der Waals surface area (Å²) >= 11 is 0. The van der Waals surface area contributed by atoms with Crippen molar-refractivity contribution in [3.8, 4) is 0 Å². The summed E-state index contributed by atoms with van der Waals surface area (Å²) in [5.41, 5.74) is 2.14. The Morgan fingerprint density at radius 2 is 1.72 bits per heavy atom. The molecule has 0 fully saturated rings. The number of hydrogen-bond donors (Lipinski definition) is 1. The highest BCUT2D eigenvalue weighted by Gasteiger charge is 2.13. The zero-order valence-corrected chi connectivity index (χ0v) is 14.5. The molecule has 0 saturated carbocycles. The normalized spacial score (nSPS) is 11.5. The molecule has 0 aliphatic carbocycles. The summed E-state index contributed by atoms with van der Waals surface area (Å²) in [6.45, 7) is 3.87. The Morgan fingerprint density at radius 1 is 1.08 bits per heavy atom. The summed E-state index contributed by atoms with van der Waals surface area (Å²) in [7, 11) is 3.19. The van der Waals surface area contributed by atoms with Gasteiger partial charge in [-0.3, -0.25) is 19.1 Å². The molecule has 0 atom stereocenters. The van der Waals surface area contributed by atoms with Crippen molar-refractivity contribution in [3.05, 3.63) is 67.6 Å². The van der Waals surface area contributed by atoms with E-state index in [1.54, 1.807) is 17.7 Å². The summed E-state index contributed by atoms with van der Waals surface area (Å²) < 4.78 is 2.82. The van der Waals surface area contributed by atoms with E-state index in [1.165, 1.54) is 17.7 Å². The zero-order valence-electron chi connectivity index (χ0n) is 14.5. The SMILES string of the molecule is Cc1cc(C)cc(C(=O)C=Cc2nc3c(c(=O)[nH]c(=O)n3C)n2C)c1. The van der Waals surface area contributed by atoms with Gasteiger partial charge in [0.15, 0.2) is 16.9 Å². The molecule has 128 valence electrons. The Hall–Kier alpha value is -3.22. The van der Waals surface area contributed by atoms with Crippen LogP contribution in [0.2, 0.25) is 0 Å². The Kier molecular flexibility index (Phi) is 4.00. The van der Waals surface area contributed by atoms with E-state index >= 15 is 0 Å². The number of aromatic nitrogens is 4. The van der Waals surface area contributed by atoms with Crippen LogP contribution in [-0.4, -0.2) is 24.9 Å².